The maximum atomic E-state index is 12.5. The summed E-state index contributed by atoms with van der Waals surface area (Å²) in [5.74, 6) is -0.0666. The SMILES string of the molecule is CCN1CCN(c2ccc(Cl)cc2NC(=O)Cc2ccc(Cl)cc2)CC1. The van der Waals surface area contributed by atoms with Crippen LogP contribution in [0.25, 0.3) is 0 Å². The molecule has 26 heavy (non-hydrogen) atoms. The number of rotatable bonds is 5. The van der Waals surface area contributed by atoms with E-state index in [0.29, 0.717) is 16.5 Å². The fraction of sp³-hybridized carbons (Fsp3) is 0.350. The molecule has 2 aromatic carbocycles. The zero-order valence-electron chi connectivity index (χ0n) is 14.8. The average Bonchev–Trinajstić information content (AvgIpc) is 2.64. The molecule has 138 valence electrons. The highest BCUT2D eigenvalue weighted by Gasteiger charge is 2.19. The van der Waals surface area contributed by atoms with E-state index >= 15 is 0 Å². The first-order chi connectivity index (χ1) is 12.5. The highest BCUT2D eigenvalue weighted by molar-refractivity contribution is 6.31. The highest BCUT2D eigenvalue weighted by atomic mass is 35.5. The third kappa shape index (κ3) is 4.91. The predicted molar refractivity (Wildman–Crippen MR) is 110 cm³/mol. The molecule has 0 radical (unpaired) electrons. The number of hydrogen-bond acceptors (Lipinski definition) is 3. The van der Waals surface area contributed by atoms with Gasteiger partial charge in [0.05, 0.1) is 17.8 Å². The number of hydrogen-bond donors (Lipinski definition) is 1. The summed E-state index contributed by atoms with van der Waals surface area (Å²) in [5.41, 5.74) is 2.71. The molecule has 1 fully saturated rings. The van der Waals surface area contributed by atoms with Gasteiger partial charge in [0.1, 0.15) is 0 Å². The van der Waals surface area contributed by atoms with Crippen molar-refractivity contribution in [3.05, 3.63) is 58.1 Å². The molecule has 1 N–H and O–H groups in total. The van der Waals surface area contributed by atoms with E-state index in [2.05, 4.69) is 22.0 Å². The third-order valence-electron chi connectivity index (χ3n) is 4.67. The molecule has 0 atom stereocenters. The molecule has 0 bridgehead atoms. The van der Waals surface area contributed by atoms with Crippen molar-refractivity contribution >= 4 is 40.5 Å². The predicted octanol–water partition coefficient (Wildman–Crippen LogP) is 4.32. The summed E-state index contributed by atoms with van der Waals surface area (Å²) >= 11 is 12.1. The number of likely N-dealkylation sites (N-methyl/N-ethyl adjacent to an activating group) is 1. The number of carbonyl (C=O) groups excluding carboxylic acids is 1. The van der Waals surface area contributed by atoms with Gasteiger partial charge in [-0.05, 0) is 42.4 Å². The van der Waals surface area contributed by atoms with Crippen LogP contribution in [0.1, 0.15) is 12.5 Å². The number of amides is 1. The van der Waals surface area contributed by atoms with Crippen LogP contribution in [-0.4, -0.2) is 43.5 Å². The molecule has 1 amide bonds. The summed E-state index contributed by atoms with van der Waals surface area (Å²) in [5, 5.41) is 4.30. The summed E-state index contributed by atoms with van der Waals surface area (Å²) in [7, 11) is 0. The number of anilines is 2. The van der Waals surface area contributed by atoms with Crippen LogP contribution in [0.5, 0.6) is 0 Å². The fourth-order valence-electron chi connectivity index (χ4n) is 3.17. The quantitative estimate of drug-likeness (QED) is 0.824. The van der Waals surface area contributed by atoms with Gasteiger partial charge < -0.3 is 15.1 Å². The number of halogens is 2. The van der Waals surface area contributed by atoms with E-state index in [1.807, 2.05) is 30.3 Å². The van der Waals surface area contributed by atoms with Gasteiger partial charge in [-0.1, -0.05) is 42.3 Å². The Morgan fingerprint density at radius 2 is 1.65 bits per heavy atom. The van der Waals surface area contributed by atoms with Crippen LogP contribution < -0.4 is 10.2 Å². The molecule has 1 aliphatic heterocycles. The van der Waals surface area contributed by atoms with Crippen LogP contribution in [0.15, 0.2) is 42.5 Å². The van der Waals surface area contributed by atoms with Gasteiger partial charge in [-0.3, -0.25) is 4.79 Å². The van der Waals surface area contributed by atoms with Crippen molar-refractivity contribution in [3.63, 3.8) is 0 Å². The topological polar surface area (TPSA) is 35.6 Å². The largest absolute Gasteiger partial charge is 0.367 e. The van der Waals surface area contributed by atoms with Crippen LogP contribution in [0.3, 0.4) is 0 Å². The summed E-state index contributed by atoms with van der Waals surface area (Å²) in [6.45, 7) is 7.18. The molecule has 1 aliphatic rings. The van der Waals surface area contributed by atoms with Gasteiger partial charge in [0.15, 0.2) is 0 Å². The summed E-state index contributed by atoms with van der Waals surface area (Å²) < 4.78 is 0. The molecule has 0 saturated carbocycles. The number of piperazine rings is 1. The second-order valence-electron chi connectivity index (χ2n) is 6.43. The zero-order chi connectivity index (χ0) is 18.5. The van der Waals surface area contributed by atoms with E-state index in [0.717, 1.165) is 49.7 Å². The third-order valence-corrected chi connectivity index (χ3v) is 5.16. The van der Waals surface area contributed by atoms with Gasteiger partial charge in [-0.2, -0.15) is 0 Å². The lowest BCUT2D eigenvalue weighted by Crippen LogP contribution is -2.46. The summed E-state index contributed by atoms with van der Waals surface area (Å²) in [4.78, 5) is 17.2. The van der Waals surface area contributed by atoms with Crippen LogP contribution in [0, 0.1) is 0 Å². The van der Waals surface area contributed by atoms with Crippen molar-refractivity contribution in [3.8, 4) is 0 Å². The molecular weight excluding hydrogens is 369 g/mol. The van der Waals surface area contributed by atoms with Crippen molar-refractivity contribution in [1.29, 1.82) is 0 Å². The minimum Gasteiger partial charge on any atom is -0.367 e. The normalized spacial score (nSPS) is 15.1. The van der Waals surface area contributed by atoms with Crippen molar-refractivity contribution in [2.24, 2.45) is 0 Å². The second kappa shape index (κ2) is 8.76. The van der Waals surface area contributed by atoms with Crippen molar-refractivity contribution in [2.75, 3.05) is 42.9 Å². The van der Waals surface area contributed by atoms with Crippen LogP contribution in [0.2, 0.25) is 10.0 Å². The maximum Gasteiger partial charge on any atom is 0.228 e. The van der Waals surface area contributed by atoms with E-state index < -0.39 is 0 Å². The molecule has 3 rings (SSSR count). The van der Waals surface area contributed by atoms with Gasteiger partial charge >= 0.3 is 0 Å². The lowest BCUT2D eigenvalue weighted by molar-refractivity contribution is -0.115. The Kier molecular flexibility index (Phi) is 6.41. The van der Waals surface area contributed by atoms with Gasteiger partial charge in [0, 0.05) is 36.2 Å². The molecule has 0 unspecified atom stereocenters. The van der Waals surface area contributed by atoms with Crippen molar-refractivity contribution in [1.82, 2.24) is 4.90 Å². The zero-order valence-corrected chi connectivity index (χ0v) is 16.4. The lowest BCUT2D eigenvalue weighted by Gasteiger charge is -2.36. The molecule has 1 heterocycles. The summed E-state index contributed by atoms with van der Waals surface area (Å²) in [6.07, 6.45) is 0.298. The van der Waals surface area contributed by atoms with E-state index in [9.17, 15) is 4.79 Å². The minimum atomic E-state index is -0.0666. The number of nitrogens with zero attached hydrogens (tertiary/aromatic N) is 2. The number of nitrogens with one attached hydrogen (secondary N) is 1. The Morgan fingerprint density at radius 3 is 2.31 bits per heavy atom. The molecule has 0 aliphatic carbocycles. The van der Waals surface area contributed by atoms with E-state index in [1.54, 1.807) is 12.1 Å². The van der Waals surface area contributed by atoms with Crippen LogP contribution >= 0.6 is 23.2 Å². The fourth-order valence-corrected chi connectivity index (χ4v) is 3.47. The number of benzene rings is 2. The van der Waals surface area contributed by atoms with E-state index in [1.165, 1.54) is 0 Å². The average molecular weight is 392 g/mol. The Bertz CT molecular complexity index is 756. The molecular formula is C20H23Cl2N3O. The Labute approximate surface area is 164 Å². The Balaban J connectivity index is 1.71. The molecule has 4 nitrogen and oxygen atoms in total. The highest BCUT2D eigenvalue weighted by Crippen LogP contribution is 2.30. The van der Waals surface area contributed by atoms with E-state index in [-0.39, 0.29) is 5.91 Å². The first-order valence-electron chi connectivity index (χ1n) is 8.86. The monoisotopic (exact) mass is 391 g/mol. The molecule has 0 spiro atoms. The molecule has 1 saturated heterocycles. The number of carbonyl (C=O) groups is 1. The van der Waals surface area contributed by atoms with E-state index in [4.69, 9.17) is 23.2 Å². The van der Waals surface area contributed by atoms with Gasteiger partial charge in [-0.15, -0.1) is 0 Å². The van der Waals surface area contributed by atoms with Gasteiger partial charge in [-0.25, -0.2) is 0 Å². The molecule has 6 heteroatoms. The minimum absolute atomic E-state index is 0.0666. The first kappa shape index (κ1) is 19.0. The van der Waals surface area contributed by atoms with Crippen LogP contribution in [0.4, 0.5) is 11.4 Å². The molecule has 2 aromatic rings. The van der Waals surface area contributed by atoms with Crippen LogP contribution in [-0.2, 0) is 11.2 Å². The maximum absolute atomic E-state index is 12.5. The summed E-state index contributed by atoms with van der Waals surface area (Å²) in [6, 6.07) is 13.0. The first-order valence-corrected chi connectivity index (χ1v) is 9.62. The smallest absolute Gasteiger partial charge is 0.228 e. The second-order valence-corrected chi connectivity index (χ2v) is 7.31. The Hall–Kier alpha value is -1.75. The van der Waals surface area contributed by atoms with Crippen molar-refractivity contribution in [2.45, 2.75) is 13.3 Å². The van der Waals surface area contributed by atoms with Gasteiger partial charge in [0.25, 0.3) is 0 Å². The Morgan fingerprint density at radius 1 is 1.00 bits per heavy atom. The standard InChI is InChI=1S/C20H23Cl2N3O/c1-2-24-9-11-25(12-10-24)19-8-7-17(22)14-18(19)23-20(26)13-15-3-5-16(21)6-4-15/h3-8,14H,2,9-13H2,1H3,(H,23,26). The molecule has 0 aromatic heterocycles. The van der Waals surface area contributed by atoms with Gasteiger partial charge in [0.2, 0.25) is 5.91 Å². The van der Waals surface area contributed by atoms with Crippen molar-refractivity contribution < 1.29 is 4.79 Å². The lowest BCUT2D eigenvalue weighted by atomic mass is 10.1.